The van der Waals surface area contributed by atoms with Gasteiger partial charge < -0.3 is 4.90 Å². The molecule has 3 rings (SSSR count). The van der Waals surface area contributed by atoms with E-state index < -0.39 is 20.9 Å². The number of carbonyl (C=O) groups is 1. The number of carbonyl (C=O) groups excluding carboxylic acids is 1. The van der Waals surface area contributed by atoms with E-state index in [1.54, 1.807) is 6.07 Å². The standard InChI is InChI=1S/C16H20FNO3S/c17-13-6-4-5-12(9-13)16(19)18-10-15(11-18)22(20,21)14-7-2-1-3-8-14/h4-6,9,14-15H,1-3,7-8,10-11H2. The number of nitrogens with zero attached hydrogens (tertiary/aromatic N) is 1. The molecular formula is C16H20FNO3S. The van der Waals surface area contributed by atoms with Crippen molar-refractivity contribution in [2.45, 2.75) is 42.6 Å². The molecule has 0 bridgehead atoms. The van der Waals surface area contributed by atoms with Crippen LogP contribution in [0.25, 0.3) is 0 Å². The molecule has 1 aliphatic heterocycles. The lowest BCUT2D eigenvalue weighted by atomic mass is 10.0. The van der Waals surface area contributed by atoms with Gasteiger partial charge in [0, 0.05) is 18.7 Å². The lowest BCUT2D eigenvalue weighted by Crippen LogP contribution is -2.58. The van der Waals surface area contributed by atoms with E-state index >= 15 is 0 Å². The van der Waals surface area contributed by atoms with Crippen LogP contribution in [0.3, 0.4) is 0 Å². The Morgan fingerprint density at radius 2 is 1.77 bits per heavy atom. The van der Waals surface area contributed by atoms with Crippen LogP contribution in [0.1, 0.15) is 42.5 Å². The molecule has 0 radical (unpaired) electrons. The van der Waals surface area contributed by atoms with Gasteiger partial charge in [-0.15, -0.1) is 0 Å². The van der Waals surface area contributed by atoms with Gasteiger partial charge >= 0.3 is 0 Å². The number of halogens is 1. The van der Waals surface area contributed by atoms with E-state index in [1.165, 1.54) is 23.1 Å². The maximum Gasteiger partial charge on any atom is 0.254 e. The van der Waals surface area contributed by atoms with Crippen LogP contribution >= 0.6 is 0 Å². The van der Waals surface area contributed by atoms with Gasteiger partial charge in [-0.1, -0.05) is 25.3 Å². The second kappa shape index (κ2) is 5.99. The van der Waals surface area contributed by atoms with Gasteiger partial charge in [-0.25, -0.2) is 12.8 Å². The van der Waals surface area contributed by atoms with Crippen LogP contribution in [0, 0.1) is 5.82 Å². The molecule has 22 heavy (non-hydrogen) atoms. The molecule has 4 nitrogen and oxygen atoms in total. The second-order valence-electron chi connectivity index (χ2n) is 6.19. The van der Waals surface area contributed by atoms with Crippen molar-refractivity contribution in [3.05, 3.63) is 35.6 Å². The summed E-state index contributed by atoms with van der Waals surface area (Å²) in [7, 11) is -3.15. The minimum absolute atomic E-state index is 0.230. The quantitative estimate of drug-likeness (QED) is 0.857. The van der Waals surface area contributed by atoms with Crippen LogP contribution in [-0.2, 0) is 9.84 Å². The van der Waals surface area contributed by atoms with Crippen molar-refractivity contribution in [1.82, 2.24) is 4.90 Å². The minimum Gasteiger partial charge on any atom is -0.336 e. The SMILES string of the molecule is O=C(c1cccc(F)c1)N1CC(S(=O)(=O)C2CCCCC2)C1. The highest BCUT2D eigenvalue weighted by Crippen LogP contribution is 2.30. The number of amides is 1. The third-order valence-corrected chi connectivity index (χ3v) is 7.32. The molecule has 0 aromatic heterocycles. The van der Waals surface area contributed by atoms with Gasteiger partial charge in [0.25, 0.3) is 5.91 Å². The highest BCUT2D eigenvalue weighted by Gasteiger charge is 2.43. The third kappa shape index (κ3) is 2.89. The average Bonchev–Trinajstić information content (AvgIpc) is 2.46. The molecule has 1 saturated carbocycles. The predicted octanol–water partition coefficient (Wildman–Crippen LogP) is 2.40. The van der Waals surface area contributed by atoms with Gasteiger partial charge in [0.05, 0.1) is 10.5 Å². The fraction of sp³-hybridized carbons (Fsp3) is 0.562. The van der Waals surface area contributed by atoms with Crippen molar-refractivity contribution in [3.8, 4) is 0 Å². The van der Waals surface area contributed by atoms with Gasteiger partial charge in [0.15, 0.2) is 9.84 Å². The Kier molecular flexibility index (Phi) is 4.21. The predicted molar refractivity (Wildman–Crippen MR) is 81.9 cm³/mol. The van der Waals surface area contributed by atoms with Gasteiger partial charge in [-0.2, -0.15) is 0 Å². The summed E-state index contributed by atoms with van der Waals surface area (Å²) < 4.78 is 38.2. The summed E-state index contributed by atoms with van der Waals surface area (Å²) in [5.41, 5.74) is 0.272. The van der Waals surface area contributed by atoms with Crippen molar-refractivity contribution in [2.24, 2.45) is 0 Å². The monoisotopic (exact) mass is 325 g/mol. The van der Waals surface area contributed by atoms with E-state index in [2.05, 4.69) is 0 Å². The summed E-state index contributed by atoms with van der Waals surface area (Å²) in [6.45, 7) is 0.461. The molecule has 1 amide bonds. The summed E-state index contributed by atoms with van der Waals surface area (Å²) in [5.74, 6) is -0.757. The Morgan fingerprint density at radius 1 is 1.09 bits per heavy atom. The first kappa shape index (κ1) is 15.5. The Labute approximate surface area is 130 Å². The molecule has 2 fully saturated rings. The number of sulfone groups is 1. The summed E-state index contributed by atoms with van der Waals surface area (Å²) in [4.78, 5) is 13.7. The molecule has 0 N–H and O–H groups in total. The lowest BCUT2D eigenvalue weighted by molar-refractivity contribution is 0.0657. The smallest absolute Gasteiger partial charge is 0.254 e. The summed E-state index contributed by atoms with van der Waals surface area (Å²) in [5, 5.41) is -0.689. The molecule has 2 aliphatic rings. The fourth-order valence-electron chi connectivity index (χ4n) is 3.28. The Balaban J connectivity index is 1.62. The van der Waals surface area contributed by atoms with Crippen LogP contribution < -0.4 is 0 Å². The van der Waals surface area contributed by atoms with E-state index in [0.29, 0.717) is 0 Å². The first-order valence-corrected chi connectivity index (χ1v) is 9.37. The van der Waals surface area contributed by atoms with Crippen molar-refractivity contribution in [3.63, 3.8) is 0 Å². The lowest BCUT2D eigenvalue weighted by Gasteiger charge is -2.40. The highest BCUT2D eigenvalue weighted by molar-refractivity contribution is 7.92. The normalized spacial score (nSPS) is 20.7. The average molecular weight is 325 g/mol. The van der Waals surface area contributed by atoms with Crippen molar-refractivity contribution >= 4 is 15.7 Å². The molecule has 1 aromatic rings. The van der Waals surface area contributed by atoms with E-state index in [0.717, 1.165) is 32.1 Å². The zero-order valence-corrected chi connectivity index (χ0v) is 13.2. The number of hydrogen-bond acceptors (Lipinski definition) is 3. The molecule has 0 spiro atoms. The van der Waals surface area contributed by atoms with Gasteiger partial charge in [-0.05, 0) is 31.0 Å². The summed E-state index contributed by atoms with van der Waals surface area (Å²) in [6, 6.07) is 5.50. The maximum absolute atomic E-state index is 13.2. The second-order valence-corrected chi connectivity index (χ2v) is 8.70. The fourth-order valence-corrected chi connectivity index (χ4v) is 5.59. The third-order valence-electron chi connectivity index (χ3n) is 4.69. The highest BCUT2D eigenvalue weighted by atomic mass is 32.2. The molecular weight excluding hydrogens is 305 g/mol. The van der Waals surface area contributed by atoms with Crippen molar-refractivity contribution in [1.29, 1.82) is 0 Å². The van der Waals surface area contributed by atoms with Crippen LogP contribution in [0.4, 0.5) is 4.39 Å². The molecule has 0 atom stereocenters. The number of rotatable bonds is 3. The summed E-state index contributed by atoms with van der Waals surface area (Å²) in [6.07, 6.45) is 4.55. The van der Waals surface area contributed by atoms with Gasteiger partial charge in [0.1, 0.15) is 5.82 Å². The number of likely N-dealkylation sites (tertiary alicyclic amines) is 1. The van der Waals surface area contributed by atoms with Gasteiger partial charge in [0.2, 0.25) is 0 Å². The molecule has 120 valence electrons. The van der Waals surface area contributed by atoms with Crippen LogP contribution in [0.5, 0.6) is 0 Å². The molecule has 1 aromatic carbocycles. The topological polar surface area (TPSA) is 54.5 Å². The zero-order valence-electron chi connectivity index (χ0n) is 12.4. The Hall–Kier alpha value is -1.43. The molecule has 1 saturated heterocycles. The number of benzene rings is 1. The molecule has 1 heterocycles. The van der Waals surface area contributed by atoms with Crippen molar-refractivity contribution < 1.29 is 17.6 Å². The van der Waals surface area contributed by atoms with Gasteiger partial charge in [-0.3, -0.25) is 4.79 Å². The first-order valence-electron chi connectivity index (χ1n) is 7.76. The first-order chi connectivity index (χ1) is 10.5. The van der Waals surface area contributed by atoms with Crippen molar-refractivity contribution in [2.75, 3.05) is 13.1 Å². The summed E-state index contributed by atoms with van der Waals surface area (Å²) >= 11 is 0. The van der Waals surface area contributed by atoms with E-state index in [4.69, 9.17) is 0 Å². The zero-order chi connectivity index (χ0) is 15.7. The molecule has 1 aliphatic carbocycles. The molecule has 0 unspecified atom stereocenters. The van der Waals surface area contributed by atoms with E-state index in [-0.39, 0.29) is 29.8 Å². The number of hydrogen-bond donors (Lipinski definition) is 0. The van der Waals surface area contributed by atoms with Crippen LogP contribution in [0.2, 0.25) is 0 Å². The Bertz CT molecular complexity index is 662. The van der Waals surface area contributed by atoms with E-state index in [1.807, 2.05) is 0 Å². The maximum atomic E-state index is 13.2. The van der Waals surface area contributed by atoms with Crippen LogP contribution in [-0.4, -0.2) is 42.8 Å². The largest absolute Gasteiger partial charge is 0.336 e. The Morgan fingerprint density at radius 3 is 2.41 bits per heavy atom. The molecule has 6 heteroatoms. The van der Waals surface area contributed by atoms with E-state index in [9.17, 15) is 17.6 Å². The minimum atomic E-state index is -3.15. The van der Waals surface area contributed by atoms with Crippen LogP contribution in [0.15, 0.2) is 24.3 Å².